The number of halogens is 2. The first-order valence-corrected chi connectivity index (χ1v) is 1.28. The van der Waals surface area contributed by atoms with Crippen LogP contribution in [-0.4, -0.2) is 12.3 Å². The second kappa shape index (κ2) is 1.81. The molecule has 0 aliphatic rings. The van der Waals surface area contributed by atoms with Gasteiger partial charge in [0.25, 0.3) is 0 Å². The number of hydrogen-bond donors (Lipinski definition) is 2. The second-order valence-corrected chi connectivity index (χ2v) is 0.750. The van der Waals surface area contributed by atoms with Gasteiger partial charge in [-0.2, -0.15) is 4.39 Å². The summed E-state index contributed by atoms with van der Waals surface area (Å²) in [5.74, 6) is -1.63. The van der Waals surface area contributed by atoms with Crippen LogP contribution >= 0.6 is 0 Å². The molecule has 0 aromatic rings. The fourth-order valence-corrected chi connectivity index (χ4v) is 0. The molecule has 2 nitrogen and oxygen atoms in total. The molecule has 0 aliphatic heterocycles. The van der Waals surface area contributed by atoms with Crippen LogP contribution in [0.4, 0.5) is 8.78 Å². The van der Waals surface area contributed by atoms with Gasteiger partial charge in [0.2, 0.25) is 12.3 Å². The zero-order chi connectivity index (χ0) is 5.15. The Morgan fingerprint density at radius 1 is 1.83 bits per heavy atom. The molecule has 1 unspecified atom stereocenters. The van der Waals surface area contributed by atoms with Gasteiger partial charge < -0.3 is 0 Å². The minimum absolute atomic E-state index is 1.63. The molecule has 0 fully saturated rings. The first-order chi connectivity index (χ1) is 2.64. The van der Waals surface area contributed by atoms with Crippen LogP contribution in [0.2, 0.25) is 0 Å². The quantitative estimate of drug-likeness (QED) is 0.353. The fraction of sp³-hybridized carbons (Fsp3) is 0.500. The van der Waals surface area contributed by atoms with E-state index in [1.807, 2.05) is 0 Å². The predicted octanol–water partition coefficient (Wildman–Crippen LogP) is 0.187. The van der Waals surface area contributed by atoms with Crippen LogP contribution < -0.4 is 5.73 Å². The summed E-state index contributed by atoms with van der Waals surface area (Å²) in [7, 11) is 0. The fourth-order valence-electron chi connectivity index (χ4n) is 0. The summed E-state index contributed by atoms with van der Waals surface area (Å²) in [6.45, 7) is 0. The Balaban J connectivity index is 3.26. The number of alkyl halides is 1. The monoisotopic (exact) mass is 94.0 g/mol. The molecular formula is C2H4F2N2. The molecule has 0 aliphatic carbocycles. The lowest BCUT2D eigenvalue weighted by Gasteiger charge is -1.87. The molecule has 0 amide bonds. The zero-order valence-corrected chi connectivity index (χ0v) is 2.91. The number of nitrogens with two attached hydrogens (primary N) is 1. The van der Waals surface area contributed by atoms with Gasteiger partial charge in [-0.05, 0) is 0 Å². The third kappa shape index (κ3) is 1.78. The summed E-state index contributed by atoms with van der Waals surface area (Å²) < 4.78 is 21.9. The van der Waals surface area contributed by atoms with E-state index in [2.05, 4.69) is 5.73 Å². The van der Waals surface area contributed by atoms with Crippen LogP contribution in [0.3, 0.4) is 0 Å². The summed E-state index contributed by atoms with van der Waals surface area (Å²) in [4.78, 5) is 0. The first-order valence-electron chi connectivity index (χ1n) is 1.28. The molecule has 0 rings (SSSR count). The van der Waals surface area contributed by atoms with Gasteiger partial charge >= 0.3 is 0 Å². The highest BCUT2D eigenvalue weighted by molar-refractivity contribution is 5.75. The van der Waals surface area contributed by atoms with E-state index in [1.54, 1.807) is 0 Å². The molecule has 6 heavy (non-hydrogen) atoms. The average molecular weight is 94.1 g/mol. The molecule has 0 heterocycles. The maximum Gasteiger partial charge on any atom is 0.231 e. The minimum Gasteiger partial charge on any atom is -0.295 e. The van der Waals surface area contributed by atoms with Gasteiger partial charge in [0.1, 0.15) is 0 Å². The van der Waals surface area contributed by atoms with E-state index in [9.17, 15) is 8.78 Å². The van der Waals surface area contributed by atoms with Gasteiger partial charge in [-0.25, -0.2) is 4.39 Å². The molecule has 4 heteroatoms. The lowest BCUT2D eigenvalue weighted by molar-refractivity contribution is 0.408. The van der Waals surface area contributed by atoms with Gasteiger partial charge in [0, 0.05) is 0 Å². The third-order valence-corrected chi connectivity index (χ3v) is 0.242. The largest absolute Gasteiger partial charge is 0.295 e. The predicted molar refractivity (Wildman–Crippen MR) is 17.9 cm³/mol. The topological polar surface area (TPSA) is 49.9 Å². The van der Waals surface area contributed by atoms with Crippen LogP contribution in [-0.2, 0) is 0 Å². The Bertz CT molecular complexity index is 60.6. The van der Waals surface area contributed by atoms with Crippen molar-refractivity contribution in [3.63, 3.8) is 0 Å². The van der Waals surface area contributed by atoms with Crippen LogP contribution in [0.15, 0.2) is 0 Å². The third-order valence-electron chi connectivity index (χ3n) is 0.242. The van der Waals surface area contributed by atoms with Crippen LogP contribution in [0.25, 0.3) is 0 Å². The van der Waals surface area contributed by atoms with Gasteiger partial charge in [-0.1, -0.05) is 0 Å². The van der Waals surface area contributed by atoms with Crippen LogP contribution in [0, 0.1) is 5.41 Å². The normalized spacial score (nSPS) is 13.8. The summed E-state index contributed by atoms with van der Waals surface area (Å²) in [6, 6.07) is 0. The van der Waals surface area contributed by atoms with E-state index >= 15 is 0 Å². The Morgan fingerprint density at radius 2 is 2.00 bits per heavy atom. The SMILES string of the molecule is N=C(F)C(N)F. The summed E-state index contributed by atoms with van der Waals surface area (Å²) in [6.07, 6.45) is -2.23. The highest BCUT2D eigenvalue weighted by atomic mass is 19.2. The molecule has 0 radical (unpaired) electrons. The van der Waals surface area contributed by atoms with Crippen molar-refractivity contribution in [3.05, 3.63) is 0 Å². The van der Waals surface area contributed by atoms with E-state index in [0.29, 0.717) is 0 Å². The zero-order valence-electron chi connectivity index (χ0n) is 2.91. The molecule has 36 valence electrons. The summed E-state index contributed by atoms with van der Waals surface area (Å²) in [5, 5.41) is 5.78. The molecule has 0 aromatic heterocycles. The summed E-state index contributed by atoms with van der Waals surface area (Å²) in [5.41, 5.74) is 4.17. The van der Waals surface area contributed by atoms with Crippen LogP contribution in [0.1, 0.15) is 0 Å². The lowest BCUT2D eigenvalue weighted by Crippen LogP contribution is -2.20. The van der Waals surface area contributed by atoms with Crippen molar-refractivity contribution in [2.75, 3.05) is 0 Å². The Morgan fingerprint density at radius 3 is 2.00 bits per heavy atom. The molecular weight excluding hydrogens is 90.0 g/mol. The van der Waals surface area contributed by atoms with E-state index in [1.165, 1.54) is 0 Å². The molecule has 0 saturated heterocycles. The minimum atomic E-state index is -2.23. The molecule has 3 N–H and O–H groups in total. The van der Waals surface area contributed by atoms with Crippen molar-refractivity contribution < 1.29 is 8.78 Å². The second-order valence-electron chi connectivity index (χ2n) is 0.750. The highest BCUT2D eigenvalue weighted by Crippen LogP contribution is 1.81. The smallest absolute Gasteiger partial charge is 0.231 e. The molecule has 0 aromatic carbocycles. The van der Waals surface area contributed by atoms with Crippen molar-refractivity contribution in [1.29, 1.82) is 5.41 Å². The van der Waals surface area contributed by atoms with E-state index < -0.39 is 12.3 Å². The van der Waals surface area contributed by atoms with Crippen LogP contribution in [0.5, 0.6) is 0 Å². The molecule has 0 saturated carbocycles. The van der Waals surface area contributed by atoms with E-state index in [0.717, 1.165) is 0 Å². The maximum atomic E-state index is 11.0. The van der Waals surface area contributed by atoms with Crippen molar-refractivity contribution in [2.24, 2.45) is 5.73 Å². The Hall–Kier alpha value is -0.510. The highest BCUT2D eigenvalue weighted by Gasteiger charge is 2.01. The lowest BCUT2D eigenvalue weighted by atomic mass is 10.7. The van der Waals surface area contributed by atoms with Crippen molar-refractivity contribution in [3.8, 4) is 0 Å². The number of rotatable bonds is 1. The van der Waals surface area contributed by atoms with Gasteiger partial charge in [0.05, 0.1) is 0 Å². The van der Waals surface area contributed by atoms with Gasteiger partial charge in [-0.15, -0.1) is 0 Å². The Kier molecular flexibility index (Phi) is 1.66. The standard InChI is InChI=1S/C2H4F2N2/c3-1(5)2(4)6/h1,6H,5H2. The maximum absolute atomic E-state index is 11.0. The van der Waals surface area contributed by atoms with Gasteiger partial charge in [-0.3, -0.25) is 11.1 Å². The summed E-state index contributed by atoms with van der Waals surface area (Å²) >= 11 is 0. The first kappa shape index (κ1) is 5.49. The number of nitrogens with one attached hydrogen (secondary N) is 1. The Labute approximate surface area is 33.5 Å². The van der Waals surface area contributed by atoms with Gasteiger partial charge in [0.15, 0.2) is 0 Å². The molecule has 1 atom stereocenters. The molecule has 0 spiro atoms. The molecule has 0 bridgehead atoms. The van der Waals surface area contributed by atoms with Crippen molar-refractivity contribution in [2.45, 2.75) is 6.30 Å². The van der Waals surface area contributed by atoms with E-state index in [-0.39, 0.29) is 0 Å². The number of hydrogen-bond acceptors (Lipinski definition) is 2. The van der Waals surface area contributed by atoms with Crippen molar-refractivity contribution in [1.82, 2.24) is 0 Å². The van der Waals surface area contributed by atoms with E-state index in [4.69, 9.17) is 5.41 Å². The average Bonchev–Trinajstić information content (AvgIpc) is 1.36. The van der Waals surface area contributed by atoms with Crippen molar-refractivity contribution >= 4 is 5.97 Å².